The summed E-state index contributed by atoms with van der Waals surface area (Å²) in [6.45, 7) is 2.14. The van der Waals surface area contributed by atoms with Crippen LogP contribution in [0.15, 0.2) is 36.5 Å². The molecule has 2 saturated heterocycles. The van der Waals surface area contributed by atoms with Gasteiger partial charge < -0.3 is 19.5 Å². The highest BCUT2D eigenvalue weighted by Crippen LogP contribution is 2.34. The van der Waals surface area contributed by atoms with E-state index in [9.17, 15) is 9.59 Å². The minimum atomic E-state index is -0.613. The van der Waals surface area contributed by atoms with Crippen molar-refractivity contribution in [1.29, 1.82) is 0 Å². The molecule has 1 aromatic carbocycles. The average molecular weight is 453 g/mol. The number of ketones is 1. The number of aromatic nitrogens is 2. The van der Waals surface area contributed by atoms with Crippen molar-refractivity contribution in [3.63, 3.8) is 0 Å². The third-order valence-corrected chi connectivity index (χ3v) is 6.55. The summed E-state index contributed by atoms with van der Waals surface area (Å²) < 4.78 is 17.4. The van der Waals surface area contributed by atoms with Crippen LogP contribution in [0, 0.1) is 0 Å². The van der Waals surface area contributed by atoms with E-state index in [0.717, 1.165) is 5.69 Å². The molecule has 3 fully saturated rings. The van der Waals surface area contributed by atoms with Crippen LogP contribution < -0.4 is 10.6 Å². The second kappa shape index (κ2) is 9.44. The van der Waals surface area contributed by atoms with Gasteiger partial charge in [-0.1, -0.05) is 25.0 Å². The highest BCUT2D eigenvalue weighted by atomic mass is 16.6. The molecule has 1 aromatic heterocycles. The van der Waals surface area contributed by atoms with Gasteiger partial charge in [-0.3, -0.25) is 10.1 Å². The van der Waals surface area contributed by atoms with Gasteiger partial charge in [-0.05, 0) is 38.0 Å². The molecule has 1 amide bonds. The zero-order chi connectivity index (χ0) is 22.8. The highest BCUT2D eigenvalue weighted by Gasteiger charge is 2.49. The fraction of sp³-hybridized carbons (Fsp3) is 0.500. The summed E-state index contributed by atoms with van der Waals surface area (Å²) in [4.78, 5) is 33.0. The molecule has 33 heavy (non-hydrogen) atoms. The second-order valence-electron chi connectivity index (χ2n) is 8.84. The third-order valence-electron chi connectivity index (χ3n) is 6.55. The SMILES string of the molecule is CC(=O)c1cccc(NC(=O)O[C@H]2CO[C@@H]3[C@@H]2OC[C@@H]3Nc2nccc(C3CCCC3)n2)c1. The molecule has 174 valence electrons. The summed E-state index contributed by atoms with van der Waals surface area (Å²) in [5.41, 5.74) is 2.10. The first-order valence-corrected chi connectivity index (χ1v) is 11.5. The number of anilines is 2. The highest BCUT2D eigenvalue weighted by molar-refractivity contribution is 5.96. The fourth-order valence-corrected chi connectivity index (χ4v) is 4.85. The smallest absolute Gasteiger partial charge is 0.412 e. The van der Waals surface area contributed by atoms with Crippen molar-refractivity contribution in [2.24, 2.45) is 0 Å². The van der Waals surface area contributed by atoms with Gasteiger partial charge in [0.25, 0.3) is 0 Å². The van der Waals surface area contributed by atoms with Crippen LogP contribution in [0.5, 0.6) is 0 Å². The van der Waals surface area contributed by atoms with E-state index < -0.39 is 12.2 Å². The lowest BCUT2D eigenvalue weighted by atomic mass is 10.0. The van der Waals surface area contributed by atoms with Gasteiger partial charge in [0.2, 0.25) is 5.95 Å². The molecule has 1 saturated carbocycles. The summed E-state index contributed by atoms with van der Waals surface area (Å²) in [5, 5.41) is 6.01. The predicted octanol–water partition coefficient (Wildman–Crippen LogP) is 3.53. The molecule has 4 atom stereocenters. The lowest BCUT2D eigenvalue weighted by Crippen LogP contribution is -2.38. The zero-order valence-corrected chi connectivity index (χ0v) is 18.5. The monoisotopic (exact) mass is 452 g/mol. The third kappa shape index (κ3) is 4.84. The number of nitrogens with one attached hydrogen (secondary N) is 2. The largest absolute Gasteiger partial charge is 0.441 e. The Balaban J connectivity index is 1.17. The van der Waals surface area contributed by atoms with E-state index in [1.165, 1.54) is 32.6 Å². The first kappa shape index (κ1) is 21.8. The molecular weight excluding hydrogens is 424 g/mol. The van der Waals surface area contributed by atoms with Gasteiger partial charge >= 0.3 is 6.09 Å². The average Bonchev–Trinajstić information content (AvgIpc) is 3.55. The van der Waals surface area contributed by atoms with Gasteiger partial charge in [0.15, 0.2) is 11.9 Å². The van der Waals surface area contributed by atoms with E-state index in [-0.39, 0.29) is 30.6 Å². The van der Waals surface area contributed by atoms with Crippen molar-refractivity contribution >= 4 is 23.5 Å². The van der Waals surface area contributed by atoms with Crippen LogP contribution in [0.3, 0.4) is 0 Å². The van der Waals surface area contributed by atoms with E-state index in [1.54, 1.807) is 30.5 Å². The van der Waals surface area contributed by atoms with Gasteiger partial charge in [-0.25, -0.2) is 14.8 Å². The van der Waals surface area contributed by atoms with Crippen molar-refractivity contribution in [3.8, 4) is 0 Å². The quantitative estimate of drug-likeness (QED) is 0.640. The van der Waals surface area contributed by atoms with E-state index in [1.807, 2.05) is 6.07 Å². The minimum Gasteiger partial charge on any atom is -0.441 e. The normalized spacial score (nSPS) is 26.7. The number of hydrogen-bond acceptors (Lipinski definition) is 8. The Morgan fingerprint density at radius 3 is 2.73 bits per heavy atom. The maximum absolute atomic E-state index is 12.4. The molecule has 2 N–H and O–H groups in total. The molecule has 9 heteroatoms. The van der Waals surface area contributed by atoms with Gasteiger partial charge in [-0.2, -0.15) is 0 Å². The van der Waals surface area contributed by atoms with Gasteiger partial charge in [-0.15, -0.1) is 0 Å². The summed E-state index contributed by atoms with van der Waals surface area (Å²) in [5.74, 6) is 1.01. The maximum Gasteiger partial charge on any atom is 0.412 e. The number of fused-ring (bicyclic) bond motifs is 1. The van der Waals surface area contributed by atoms with E-state index in [0.29, 0.717) is 29.7 Å². The predicted molar refractivity (Wildman–Crippen MR) is 120 cm³/mol. The van der Waals surface area contributed by atoms with Gasteiger partial charge in [0.05, 0.1) is 19.3 Å². The Morgan fingerprint density at radius 1 is 1.09 bits per heavy atom. The van der Waals surface area contributed by atoms with E-state index in [4.69, 9.17) is 19.2 Å². The summed E-state index contributed by atoms with van der Waals surface area (Å²) in [6, 6.07) is 8.59. The van der Waals surface area contributed by atoms with Crippen molar-refractivity contribution in [3.05, 3.63) is 47.8 Å². The van der Waals surface area contributed by atoms with Crippen molar-refractivity contribution in [1.82, 2.24) is 9.97 Å². The molecule has 0 radical (unpaired) electrons. The van der Waals surface area contributed by atoms with Crippen molar-refractivity contribution in [2.75, 3.05) is 23.8 Å². The lowest BCUT2D eigenvalue weighted by molar-refractivity contribution is 0.00916. The Labute approximate surface area is 192 Å². The molecule has 5 rings (SSSR count). The molecule has 2 aromatic rings. The van der Waals surface area contributed by atoms with Crippen LogP contribution in [0.1, 0.15) is 54.6 Å². The molecule has 0 spiro atoms. The summed E-state index contributed by atoms with van der Waals surface area (Å²) >= 11 is 0. The number of rotatable bonds is 6. The molecule has 9 nitrogen and oxygen atoms in total. The van der Waals surface area contributed by atoms with E-state index >= 15 is 0 Å². The number of hydrogen-bond donors (Lipinski definition) is 2. The first-order valence-electron chi connectivity index (χ1n) is 11.5. The van der Waals surface area contributed by atoms with Crippen LogP contribution >= 0.6 is 0 Å². The molecule has 1 aliphatic carbocycles. The zero-order valence-electron chi connectivity index (χ0n) is 18.5. The minimum absolute atomic E-state index is 0.0743. The summed E-state index contributed by atoms with van der Waals surface area (Å²) in [7, 11) is 0. The van der Waals surface area contributed by atoms with Crippen molar-refractivity contribution < 1.29 is 23.8 Å². The standard InChI is InChI=1S/C24H28N4O5/c1-14(29)16-7-4-8-17(11-16)26-24(30)33-20-13-32-21-19(12-31-22(20)21)28-23-25-10-9-18(27-23)15-5-2-3-6-15/h4,7-11,15,19-22H,2-3,5-6,12-13H2,1H3,(H,26,30)(H,25,27,28)/t19-,20-,21-,22+/m0/s1. The number of nitrogens with zero attached hydrogens (tertiary/aromatic N) is 2. The number of carbonyl (C=O) groups is 2. The topological polar surface area (TPSA) is 112 Å². The van der Waals surface area contributed by atoms with Crippen LogP contribution in [0.4, 0.5) is 16.4 Å². The van der Waals surface area contributed by atoms with Crippen LogP contribution in [0.2, 0.25) is 0 Å². The van der Waals surface area contributed by atoms with E-state index in [2.05, 4.69) is 15.6 Å². The molecule has 0 unspecified atom stereocenters. The molecule has 3 heterocycles. The first-order chi connectivity index (χ1) is 16.1. The molecule has 0 bridgehead atoms. The van der Waals surface area contributed by atoms with Crippen LogP contribution in [-0.2, 0) is 14.2 Å². The Hall–Kier alpha value is -3.04. The molecular formula is C24H28N4O5. The van der Waals surface area contributed by atoms with Gasteiger partial charge in [0, 0.05) is 29.1 Å². The summed E-state index contributed by atoms with van der Waals surface area (Å²) in [6.07, 6.45) is 4.89. The number of Topliss-reactive ketones (excluding diaryl/α,β-unsaturated/α-hetero) is 1. The number of benzene rings is 1. The van der Waals surface area contributed by atoms with Crippen LogP contribution in [-0.4, -0.2) is 59.4 Å². The Kier molecular flexibility index (Phi) is 6.24. The number of carbonyl (C=O) groups excluding carboxylic acids is 2. The van der Waals surface area contributed by atoms with Gasteiger partial charge in [0.1, 0.15) is 12.2 Å². The maximum atomic E-state index is 12.4. The molecule has 3 aliphatic rings. The second-order valence-corrected chi connectivity index (χ2v) is 8.84. The lowest BCUT2D eigenvalue weighted by Gasteiger charge is -2.18. The Bertz CT molecular complexity index is 1030. The number of ether oxygens (including phenoxy) is 3. The van der Waals surface area contributed by atoms with Crippen molar-refractivity contribution in [2.45, 2.75) is 62.9 Å². The van der Waals surface area contributed by atoms with Crippen LogP contribution in [0.25, 0.3) is 0 Å². The fourth-order valence-electron chi connectivity index (χ4n) is 4.85. The molecule has 2 aliphatic heterocycles. The Morgan fingerprint density at radius 2 is 1.91 bits per heavy atom. The number of amides is 1.